The van der Waals surface area contributed by atoms with Crippen LogP contribution in [0.15, 0.2) is 53.7 Å². The van der Waals surface area contributed by atoms with Crippen molar-refractivity contribution in [3.63, 3.8) is 0 Å². The number of hydrogen-bond donors (Lipinski definition) is 2. The second-order valence-electron chi connectivity index (χ2n) is 6.22. The van der Waals surface area contributed by atoms with E-state index in [1.807, 2.05) is 43.3 Å². The highest BCUT2D eigenvalue weighted by molar-refractivity contribution is 14.0. The van der Waals surface area contributed by atoms with E-state index in [-0.39, 0.29) is 24.0 Å². The largest absolute Gasteiger partial charge is 0.494 e. The lowest BCUT2D eigenvalue weighted by Gasteiger charge is -2.12. The fraction of sp³-hybridized carbons (Fsp3) is 0.333. The molecule has 7 heteroatoms. The summed E-state index contributed by atoms with van der Waals surface area (Å²) < 4.78 is 7.78. The molecule has 0 spiro atoms. The lowest BCUT2D eigenvalue weighted by molar-refractivity contribution is 0.336. The number of halogens is 1. The molecular weight excluding hydrogens is 465 g/mol. The number of pyridine rings is 1. The van der Waals surface area contributed by atoms with Crippen molar-refractivity contribution in [2.75, 3.05) is 13.2 Å². The number of aromatic nitrogens is 2. The number of para-hydroxylation sites is 1. The molecule has 0 fully saturated rings. The van der Waals surface area contributed by atoms with Crippen molar-refractivity contribution in [2.24, 2.45) is 4.99 Å². The fourth-order valence-electron chi connectivity index (χ4n) is 2.90. The zero-order chi connectivity index (χ0) is 19.1. The predicted molar refractivity (Wildman–Crippen MR) is 125 cm³/mol. The number of nitrogens with zero attached hydrogens (tertiary/aromatic N) is 3. The van der Waals surface area contributed by atoms with Gasteiger partial charge in [-0.25, -0.2) is 9.98 Å². The number of hydrogen-bond acceptors (Lipinski definition) is 3. The van der Waals surface area contributed by atoms with Crippen molar-refractivity contribution in [1.29, 1.82) is 0 Å². The van der Waals surface area contributed by atoms with Gasteiger partial charge in [-0.3, -0.25) is 0 Å². The van der Waals surface area contributed by atoms with Crippen molar-refractivity contribution < 1.29 is 4.74 Å². The van der Waals surface area contributed by atoms with Crippen LogP contribution in [0.1, 0.15) is 30.8 Å². The molecule has 0 saturated carbocycles. The zero-order valence-electron chi connectivity index (χ0n) is 16.6. The molecule has 0 bridgehead atoms. The normalized spacial score (nSPS) is 11.2. The number of imidazole rings is 1. The maximum atomic E-state index is 5.68. The van der Waals surface area contributed by atoms with Crippen molar-refractivity contribution >= 4 is 35.6 Å². The molecule has 0 unspecified atom stereocenters. The summed E-state index contributed by atoms with van der Waals surface area (Å²) in [4.78, 5) is 9.35. The molecule has 0 aliphatic carbocycles. The molecule has 2 N–H and O–H groups in total. The predicted octanol–water partition coefficient (Wildman–Crippen LogP) is 3.91. The number of guanidine groups is 1. The van der Waals surface area contributed by atoms with Gasteiger partial charge in [0.1, 0.15) is 11.4 Å². The van der Waals surface area contributed by atoms with Crippen LogP contribution in [0.25, 0.3) is 5.65 Å². The van der Waals surface area contributed by atoms with Crippen LogP contribution in [0.5, 0.6) is 5.75 Å². The third kappa shape index (κ3) is 5.60. The summed E-state index contributed by atoms with van der Waals surface area (Å²) in [5.41, 5.74) is 4.17. The van der Waals surface area contributed by atoms with E-state index in [1.54, 1.807) is 0 Å². The van der Waals surface area contributed by atoms with Crippen LogP contribution >= 0.6 is 24.0 Å². The Labute approximate surface area is 183 Å². The Morgan fingerprint density at radius 1 is 1.11 bits per heavy atom. The molecule has 6 nitrogen and oxygen atoms in total. The van der Waals surface area contributed by atoms with Crippen molar-refractivity contribution in [3.8, 4) is 5.75 Å². The van der Waals surface area contributed by atoms with Crippen LogP contribution in [0.4, 0.5) is 0 Å². The molecule has 28 heavy (non-hydrogen) atoms. The number of fused-ring (bicyclic) bond motifs is 1. The Morgan fingerprint density at radius 2 is 1.93 bits per heavy atom. The Balaban J connectivity index is 0.00000280. The molecular formula is C21H28IN5O. The van der Waals surface area contributed by atoms with Gasteiger partial charge in [0.15, 0.2) is 5.96 Å². The van der Waals surface area contributed by atoms with Crippen molar-refractivity contribution in [2.45, 2.75) is 33.9 Å². The molecule has 0 atom stereocenters. The summed E-state index contributed by atoms with van der Waals surface area (Å²) >= 11 is 0. The third-order valence-electron chi connectivity index (χ3n) is 4.21. The van der Waals surface area contributed by atoms with E-state index in [1.165, 1.54) is 5.69 Å². The Hall–Kier alpha value is -2.29. The van der Waals surface area contributed by atoms with Crippen molar-refractivity contribution in [1.82, 2.24) is 20.0 Å². The molecule has 0 radical (unpaired) electrons. The quantitative estimate of drug-likeness (QED) is 0.298. The van der Waals surface area contributed by atoms with Crippen LogP contribution in [0.2, 0.25) is 0 Å². The van der Waals surface area contributed by atoms with Crippen LogP contribution in [0, 0.1) is 6.92 Å². The molecule has 3 aromatic rings. The number of aryl methyl sites for hydroxylation is 1. The summed E-state index contributed by atoms with van der Waals surface area (Å²) in [6.45, 7) is 8.72. The van der Waals surface area contributed by atoms with E-state index in [4.69, 9.17) is 9.73 Å². The van der Waals surface area contributed by atoms with Crippen molar-refractivity contribution in [3.05, 3.63) is 65.6 Å². The minimum atomic E-state index is 0. The van der Waals surface area contributed by atoms with Gasteiger partial charge in [-0.2, -0.15) is 0 Å². The van der Waals surface area contributed by atoms with Crippen LogP contribution in [0.3, 0.4) is 0 Å². The van der Waals surface area contributed by atoms with E-state index in [0.717, 1.165) is 35.2 Å². The molecule has 0 aliphatic heterocycles. The molecule has 2 heterocycles. The molecule has 0 aliphatic rings. The highest BCUT2D eigenvalue weighted by Crippen LogP contribution is 2.18. The van der Waals surface area contributed by atoms with Gasteiger partial charge in [0.05, 0.1) is 25.4 Å². The average molecular weight is 493 g/mol. The molecule has 0 saturated heterocycles. The number of rotatable bonds is 7. The molecule has 0 amide bonds. The highest BCUT2D eigenvalue weighted by atomic mass is 127. The first-order valence-electron chi connectivity index (χ1n) is 9.37. The standard InChI is InChI=1S/C21H27N5O.HI/c1-4-22-21(23-13-17-10-6-7-11-19(17)27-5-2)24-14-18-15-26-16(3)9-8-12-20(26)25-18;/h6-12,15H,4-5,13-14H2,1-3H3,(H2,22,23,24);1H. The minimum absolute atomic E-state index is 0. The topological polar surface area (TPSA) is 63.0 Å². The minimum Gasteiger partial charge on any atom is -0.494 e. The molecule has 2 aromatic heterocycles. The van der Waals surface area contributed by atoms with Crippen LogP contribution in [-0.2, 0) is 13.1 Å². The first-order valence-corrected chi connectivity index (χ1v) is 9.37. The molecule has 3 rings (SSSR count). The smallest absolute Gasteiger partial charge is 0.191 e. The summed E-state index contributed by atoms with van der Waals surface area (Å²) in [6, 6.07) is 14.1. The van der Waals surface area contributed by atoms with E-state index >= 15 is 0 Å². The van der Waals surface area contributed by atoms with E-state index in [9.17, 15) is 0 Å². The number of benzene rings is 1. The van der Waals surface area contributed by atoms with Gasteiger partial charge in [0.2, 0.25) is 0 Å². The number of ether oxygens (including phenoxy) is 1. The van der Waals surface area contributed by atoms with Gasteiger partial charge in [-0.1, -0.05) is 24.3 Å². The summed E-state index contributed by atoms with van der Waals surface area (Å²) in [7, 11) is 0. The summed E-state index contributed by atoms with van der Waals surface area (Å²) in [6.07, 6.45) is 2.06. The maximum Gasteiger partial charge on any atom is 0.191 e. The van der Waals surface area contributed by atoms with E-state index in [0.29, 0.717) is 19.7 Å². The zero-order valence-corrected chi connectivity index (χ0v) is 18.9. The Morgan fingerprint density at radius 3 is 2.68 bits per heavy atom. The van der Waals surface area contributed by atoms with Crippen LogP contribution < -0.4 is 15.4 Å². The number of aliphatic imine (C=N–C) groups is 1. The second kappa shape index (κ2) is 10.9. The van der Waals surface area contributed by atoms with Gasteiger partial charge in [0.25, 0.3) is 0 Å². The highest BCUT2D eigenvalue weighted by Gasteiger charge is 2.06. The maximum absolute atomic E-state index is 5.68. The lowest BCUT2D eigenvalue weighted by atomic mass is 10.2. The van der Waals surface area contributed by atoms with Crippen LogP contribution in [-0.4, -0.2) is 28.5 Å². The Bertz CT molecular complexity index is 922. The SMILES string of the molecule is CCNC(=NCc1ccccc1OCC)NCc1cn2c(C)cccc2n1.I. The van der Waals surface area contributed by atoms with Gasteiger partial charge in [-0.05, 0) is 39.0 Å². The lowest BCUT2D eigenvalue weighted by Crippen LogP contribution is -2.36. The van der Waals surface area contributed by atoms with Gasteiger partial charge in [-0.15, -0.1) is 24.0 Å². The van der Waals surface area contributed by atoms with Gasteiger partial charge in [0, 0.05) is 24.0 Å². The fourth-order valence-corrected chi connectivity index (χ4v) is 2.90. The van der Waals surface area contributed by atoms with Gasteiger partial charge >= 0.3 is 0 Å². The first-order chi connectivity index (χ1) is 13.2. The first kappa shape index (κ1) is 22.0. The summed E-state index contributed by atoms with van der Waals surface area (Å²) in [5.74, 6) is 1.65. The average Bonchev–Trinajstić information content (AvgIpc) is 3.10. The monoisotopic (exact) mass is 493 g/mol. The third-order valence-corrected chi connectivity index (χ3v) is 4.21. The second-order valence-corrected chi connectivity index (χ2v) is 6.22. The Kier molecular flexibility index (Phi) is 8.56. The molecule has 150 valence electrons. The summed E-state index contributed by atoms with van der Waals surface area (Å²) in [5, 5.41) is 6.64. The van der Waals surface area contributed by atoms with E-state index < -0.39 is 0 Å². The number of nitrogens with one attached hydrogen (secondary N) is 2. The van der Waals surface area contributed by atoms with Gasteiger partial charge < -0.3 is 19.8 Å². The molecule has 1 aromatic carbocycles. The van der Waals surface area contributed by atoms with E-state index in [2.05, 4.69) is 46.1 Å².